The lowest BCUT2D eigenvalue weighted by molar-refractivity contribution is -0.276. The van der Waals surface area contributed by atoms with E-state index in [1.165, 1.54) is 26.4 Å². The van der Waals surface area contributed by atoms with Gasteiger partial charge in [-0.2, -0.15) is 0 Å². The molecular formula is C40H51N3O6. The summed E-state index contributed by atoms with van der Waals surface area (Å²) >= 11 is 0. The van der Waals surface area contributed by atoms with Gasteiger partial charge in [0.25, 0.3) is 0 Å². The van der Waals surface area contributed by atoms with E-state index in [1.807, 2.05) is 72.8 Å². The van der Waals surface area contributed by atoms with Crippen molar-refractivity contribution in [3.8, 4) is 0 Å². The monoisotopic (exact) mass is 669 g/mol. The number of fused-ring (bicyclic) bond motifs is 2. The van der Waals surface area contributed by atoms with E-state index >= 15 is 0 Å². The molecule has 7 atom stereocenters. The molecule has 2 saturated heterocycles. The zero-order chi connectivity index (χ0) is 34.8. The second-order valence-corrected chi connectivity index (χ2v) is 15.5. The number of likely N-dealkylation sites (tertiary alicyclic amines) is 1. The molecule has 0 spiro atoms. The first kappa shape index (κ1) is 35.1. The van der Waals surface area contributed by atoms with Gasteiger partial charge in [0, 0.05) is 42.7 Å². The van der Waals surface area contributed by atoms with Crippen molar-refractivity contribution >= 4 is 17.7 Å². The average Bonchev–Trinajstić information content (AvgIpc) is 3.32. The highest BCUT2D eigenvalue weighted by Gasteiger charge is 2.51. The van der Waals surface area contributed by atoms with Crippen molar-refractivity contribution in [1.29, 1.82) is 0 Å². The number of aliphatic hydroxyl groups excluding tert-OH is 1. The number of hydrogen-bond donors (Lipinski definition) is 3. The van der Waals surface area contributed by atoms with E-state index in [0.717, 1.165) is 35.3 Å². The van der Waals surface area contributed by atoms with Gasteiger partial charge in [-0.1, -0.05) is 94.4 Å². The van der Waals surface area contributed by atoms with Crippen molar-refractivity contribution < 1.29 is 28.9 Å². The van der Waals surface area contributed by atoms with Gasteiger partial charge in [0.05, 0.1) is 25.9 Å². The molecule has 3 N–H and O–H groups in total. The van der Waals surface area contributed by atoms with Crippen LogP contribution in [-0.4, -0.2) is 60.4 Å². The molecule has 2 amide bonds. The number of carbonyl (C=O) groups is 2. The normalized spacial score (nSPS) is 28.4. The number of carbonyl (C=O) groups excluding carboxylic acids is 2. The standard InChI is InChI=1S/C40H51N3O6/c1-26-34(22-43-25-40(4)21-32(43)20-39(2,3)24-40)48-37(49-35(26)29-16-14-28(23-44)15-17-29)30-12-9-13-31(19-30)41-38(46)42-33(36(45)47-5)18-27-10-7-6-8-11-27/h6-17,19,26,32-35,37,44H,18,20-25H2,1-5H3,(H2,41,42,46). The summed E-state index contributed by atoms with van der Waals surface area (Å²) in [4.78, 5) is 28.3. The Labute approximate surface area is 290 Å². The van der Waals surface area contributed by atoms with Crippen LogP contribution in [0.5, 0.6) is 0 Å². The average molecular weight is 670 g/mol. The molecule has 6 rings (SSSR count). The quantitative estimate of drug-likeness (QED) is 0.204. The van der Waals surface area contributed by atoms with Crippen LogP contribution in [0.4, 0.5) is 10.5 Å². The van der Waals surface area contributed by atoms with E-state index in [1.54, 1.807) is 6.07 Å². The second-order valence-electron chi connectivity index (χ2n) is 15.5. The Kier molecular flexibility index (Phi) is 10.5. The van der Waals surface area contributed by atoms with Crippen molar-refractivity contribution in [3.63, 3.8) is 0 Å². The third-order valence-corrected chi connectivity index (χ3v) is 10.6. The Balaban J connectivity index is 1.20. The topological polar surface area (TPSA) is 109 Å². The smallest absolute Gasteiger partial charge is 0.328 e. The molecule has 1 aliphatic carbocycles. The maximum Gasteiger partial charge on any atom is 0.328 e. The molecule has 3 aromatic rings. The molecule has 49 heavy (non-hydrogen) atoms. The van der Waals surface area contributed by atoms with Gasteiger partial charge in [-0.3, -0.25) is 4.90 Å². The van der Waals surface area contributed by atoms with E-state index in [-0.39, 0.29) is 24.7 Å². The number of anilines is 1. The molecule has 0 aromatic heterocycles. The third kappa shape index (κ3) is 8.35. The zero-order valence-electron chi connectivity index (χ0n) is 29.4. The highest BCUT2D eigenvalue weighted by Crippen LogP contribution is 2.53. The van der Waals surface area contributed by atoms with Gasteiger partial charge in [0.1, 0.15) is 6.04 Å². The van der Waals surface area contributed by atoms with Gasteiger partial charge >= 0.3 is 12.0 Å². The zero-order valence-corrected chi connectivity index (χ0v) is 29.4. The minimum atomic E-state index is -0.848. The second kappa shape index (κ2) is 14.6. The number of aliphatic hydroxyl groups is 1. The first-order chi connectivity index (χ1) is 23.4. The molecule has 2 bridgehead atoms. The summed E-state index contributed by atoms with van der Waals surface area (Å²) in [6.45, 7) is 11.3. The van der Waals surface area contributed by atoms with Gasteiger partial charge in [-0.15, -0.1) is 0 Å². The van der Waals surface area contributed by atoms with Gasteiger partial charge in [0.2, 0.25) is 0 Å². The Hall–Kier alpha value is -3.76. The van der Waals surface area contributed by atoms with Crippen LogP contribution in [0.25, 0.3) is 0 Å². The summed E-state index contributed by atoms with van der Waals surface area (Å²) in [5.41, 5.74) is 4.78. The summed E-state index contributed by atoms with van der Waals surface area (Å²) in [5, 5.41) is 15.3. The van der Waals surface area contributed by atoms with Gasteiger partial charge in [-0.25, -0.2) is 9.59 Å². The molecule has 7 unspecified atom stereocenters. The number of methoxy groups -OCH3 is 1. The van der Waals surface area contributed by atoms with Crippen LogP contribution in [0.3, 0.4) is 0 Å². The molecule has 9 heteroatoms. The van der Waals surface area contributed by atoms with Crippen molar-refractivity contribution in [1.82, 2.24) is 10.2 Å². The van der Waals surface area contributed by atoms with Crippen LogP contribution in [0.15, 0.2) is 78.9 Å². The molecule has 2 heterocycles. The lowest BCUT2D eigenvalue weighted by Crippen LogP contribution is -2.46. The number of esters is 1. The number of benzene rings is 3. The number of nitrogens with one attached hydrogen (secondary N) is 2. The summed E-state index contributed by atoms with van der Waals surface area (Å²) in [7, 11) is 1.31. The van der Waals surface area contributed by atoms with Gasteiger partial charge < -0.3 is 30.0 Å². The fraction of sp³-hybridized carbons (Fsp3) is 0.500. The predicted molar refractivity (Wildman–Crippen MR) is 189 cm³/mol. The molecule has 3 aliphatic rings. The van der Waals surface area contributed by atoms with E-state index in [4.69, 9.17) is 14.2 Å². The van der Waals surface area contributed by atoms with Crippen molar-refractivity contribution in [2.24, 2.45) is 16.7 Å². The largest absolute Gasteiger partial charge is 0.467 e. The predicted octanol–water partition coefficient (Wildman–Crippen LogP) is 6.78. The van der Waals surface area contributed by atoms with E-state index in [9.17, 15) is 14.7 Å². The minimum Gasteiger partial charge on any atom is -0.467 e. The molecule has 9 nitrogen and oxygen atoms in total. The summed E-state index contributed by atoms with van der Waals surface area (Å²) in [5.74, 6) is -0.445. The Bertz CT molecular complexity index is 1600. The Morgan fingerprint density at radius 3 is 2.43 bits per heavy atom. The van der Waals surface area contributed by atoms with Gasteiger partial charge in [0.15, 0.2) is 6.29 Å². The maximum atomic E-state index is 13.1. The van der Waals surface area contributed by atoms with E-state index in [0.29, 0.717) is 29.0 Å². The number of amides is 2. The van der Waals surface area contributed by atoms with Crippen molar-refractivity contribution in [2.75, 3.05) is 25.5 Å². The van der Waals surface area contributed by atoms with Crippen LogP contribution in [0.1, 0.15) is 81.6 Å². The van der Waals surface area contributed by atoms with E-state index < -0.39 is 24.3 Å². The lowest BCUT2D eigenvalue weighted by atomic mass is 9.65. The maximum absolute atomic E-state index is 13.1. The van der Waals surface area contributed by atoms with E-state index in [2.05, 4.69) is 43.2 Å². The minimum absolute atomic E-state index is 0.0127. The number of urea groups is 1. The third-order valence-electron chi connectivity index (χ3n) is 10.6. The molecule has 262 valence electrons. The fourth-order valence-corrected chi connectivity index (χ4v) is 8.62. The Morgan fingerprint density at radius 2 is 1.71 bits per heavy atom. The van der Waals surface area contributed by atoms with Gasteiger partial charge in [-0.05, 0) is 58.9 Å². The summed E-state index contributed by atoms with van der Waals surface area (Å²) in [6, 6.07) is 24.1. The first-order valence-electron chi connectivity index (χ1n) is 17.5. The number of hydrogen-bond acceptors (Lipinski definition) is 7. The molecule has 3 aromatic carbocycles. The van der Waals surface area contributed by atoms with Crippen LogP contribution in [0.2, 0.25) is 0 Å². The number of ether oxygens (including phenoxy) is 3. The molecular weight excluding hydrogens is 618 g/mol. The van der Waals surface area contributed by atoms with Crippen LogP contribution < -0.4 is 10.6 Å². The first-order valence-corrected chi connectivity index (χ1v) is 17.5. The molecule has 2 aliphatic heterocycles. The molecule has 0 radical (unpaired) electrons. The van der Waals surface area contributed by atoms with Crippen LogP contribution >= 0.6 is 0 Å². The Morgan fingerprint density at radius 1 is 0.959 bits per heavy atom. The highest BCUT2D eigenvalue weighted by molar-refractivity contribution is 5.92. The number of rotatable bonds is 10. The van der Waals surface area contributed by atoms with Crippen molar-refractivity contribution in [2.45, 2.75) is 90.6 Å². The van der Waals surface area contributed by atoms with Crippen LogP contribution in [-0.2, 0) is 32.0 Å². The SMILES string of the molecule is COC(=O)C(Cc1ccccc1)NC(=O)Nc1cccc(C2OC(CN3CC4(C)CC3CC(C)(C)C4)C(C)C(c3ccc(CO)cc3)O2)c1. The number of nitrogens with zero attached hydrogens (tertiary/aromatic N) is 1. The highest BCUT2D eigenvalue weighted by atomic mass is 16.7. The fourth-order valence-electron chi connectivity index (χ4n) is 8.62. The summed E-state index contributed by atoms with van der Waals surface area (Å²) in [6.07, 6.45) is 2.97. The van der Waals surface area contributed by atoms with Crippen molar-refractivity contribution in [3.05, 3.63) is 101 Å². The lowest BCUT2D eigenvalue weighted by Gasteiger charge is -2.43. The summed E-state index contributed by atoms with van der Waals surface area (Å²) < 4.78 is 18.5. The van der Waals surface area contributed by atoms with Crippen LogP contribution in [0, 0.1) is 16.7 Å². The molecule has 3 fully saturated rings. The molecule has 1 saturated carbocycles.